The van der Waals surface area contributed by atoms with Gasteiger partial charge < -0.3 is 92.3 Å². The normalized spacial score (nSPS) is 14.6. The van der Waals surface area contributed by atoms with Crippen LogP contribution in [0, 0.1) is 17.8 Å². The van der Waals surface area contributed by atoms with Crippen molar-refractivity contribution in [3.05, 3.63) is 29.8 Å². The molecule has 510 valence electrons. The minimum Gasteiger partial charge on any atom is -0.508 e. The maximum Gasteiger partial charge on any atom is 0.243 e. The van der Waals surface area contributed by atoms with Crippen LogP contribution in [0.5, 0.6) is 5.75 Å². The molecule has 0 spiro atoms. The molecule has 0 heterocycles. The Bertz CT molecular complexity index is 2450. The van der Waals surface area contributed by atoms with Gasteiger partial charge in [-0.2, -0.15) is 0 Å². The van der Waals surface area contributed by atoms with Crippen molar-refractivity contribution in [2.24, 2.45) is 46.4 Å². The van der Waals surface area contributed by atoms with Crippen molar-refractivity contribution in [2.75, 3.05) is 32.7 Å². The summed E-state index contributed by atoms with van der Waals surface area (Å²) in [5.74, 6) is -8.99. The molecule has 0 unspecified atom stereocenters. The van der Waals surface area contributed by atoms with Gasteiger partial charge in [-0.05, 0) is 172 Å². The molecule has 29 heteroatoms. The molecule has 0 radical (unpaired) electrons. The number of rotatable bonds is 46. The number of nitrogens with one attached hydrogen (secondary N) is 11. The van der Waals surface area contributed by atoms with E-state index in [1.165, 1.54) is 32.9 Å². The first kappa shape index (κ1) is 80.5. The van der Waals surface area contributed by atoms with Crippen LogP contribution in [0.3, 0.4) is 0 Å². The van der Waals surface area contributed by atoms with Crippen LogP contribution in [0.2, 0.25) is 0 Å². The Hall–Kier alpha value is -7.50. The summed E-state index contributed by atoms with van der Waals surface area (Å²) in [6, 6.07) is -5.90. The van der Waals surface area contributed by atoms with E-state index in [4.69, 9.17) is 28.7 Å². The van der Waals surface area contributed by atoms with Crippen LogP contribution in [0.1, 0.15) is 164 Å². The van der Waals surface area contributed by atoms with Crippen LogP contribution >= 0.6 is 0 Å². The van der Waals surface area contributed by atoms with Gasteiger partial charge in [0.05, 0.1) is 6.54 Å². The third-order valence-corrected chi connectivity index (χ3v) is 14.4. The van der Waals surface area contributed by atoms with E-state index in [1.807, 2.05) is 41.5 Å². The predicted octanol–water partition coefficient (Wildman–Crippen LogP) is -1.90. The van der Waals surface area contributed by atoms with Gasteiger partial charge in [0.1, 0.15) is 66.2 Å². The number of primary amides is 1. The Labute approximate surface area is 530 Å². The lowest BCUT2D eigenvalue weighted by Crippen LogP contribution is -2.60. The molecule has 0 aliphatic rings. The molecule has 90 heavy (non-hydrogen) atoms. The number of hydrogen-bond acceptors (Lipinski definition) is 17. The van der Waals surface area contributed by atoms with E-state index in [-0.39, 0.29) is 88.0 Å². The molecule has 1 aromatic rings. The molecule has 0 aliphatic heterocycles. The summed E-state index contributed by atoms with van der Waals surface area (Å²) in [6.45, 7) is 15.6. The first-order chi connectivity index (χ1) is 42.5. The number of hydrogen-bond donors (Lipinski definition) is 17. The zero-order valence-electron chi connectivity index (χ0n) is 54.4. The molecule has 1 aromatic carbocycles. The summed E-state index contributed by atoms with van der Waals surface area (Å²) in [4.78, 5) is 162. The molecule has 12 amide bonds. The molecule has 0 aliphatic carbocycles. The van der Waals surface area contributed by atoms with Crippen molar-refractivity contribution in [3.8, 4) is 5.75 Å². The summed E-state index contributed by atoms with van der Waals surface area (Å²) >= 11 is 0. The second kappa shape index (κ2) is 44.0. The Morgan fingerprint density at radius 2 is 0.689 bits per heavy atom. The van der Waals surface area contributed by atoms with Crippen LogP contribution in [0.4, 0.5) is 0 Å². The van der Waals surface area contributed by atoms with Gasteiger partial charge in [-0.25, -0.2) is 0 Å². The average Bonchev–Trinajstić information content (AvgIpc) is 2.35. The summed E-state index contributed by atoms with van der Waals surface area (Å²) in [6.07, 6.45) is 4.91. The highest BCUT2D eigenvalue weighted by molar-refractivity contribution is 5.99. The number of benzene rings is 1. The number of phenols is 1. The molecule has 0 aromatic heterocycles. The smallest absolute Gasteiger partial charge is 0.243 e. The molecule has 0 bridgehead atoms. The highest BCUT2D eigenvalue weighted by Gasteiger charge is 2.35. The Morgan fingerprint density at radius 3 is 1.07 bits per heavy atom. The molecule has 10 atom stereocenters. The fourth-order valence-electron chi connectivity index (χ4n) is 9.47. The van der Waals surface area contributed by atoms with Crippen molar-refractivity contribution >= 4 is 70.9 Å². The largest absolute Gasteiger partial charge is 0.508 e. The number of carbonyl (C=O) groups is 12. The number of nitrogens with two attached hydrogens (primary N) is 5. The summed E-state index contributed by atoms with van der Waals surface area (Å²) in [5, 5.41) is 38.9. The fraction of sp³-hybridized carbons (Fsp3) is 0.705. The van der Waals surface area contributed by atoms with Gasteiger partial charge >= 0.3 is 0 Å². The van der Waals surface area contributed by atoms with Gasteiger partial charge in [0.15, 0.2) is 0 Å². The Balaban J connectivity index is 3.31. The Morgan fingerprint density at radius 1 is 0.378 bits per heavy atom. The molecular weight excluding hydrogens is 1160 g/mol. The first-order valence-corrected chi connectivity index (χ1v) is 31.6. The van der Waals surface area contributed by atoms with E-state index < -0.39 is 138 Å². The molecule has 0 saturated heterocycles. The molecule has 29 nitrogen and oxygen atoms in total. The fourth-order valence-corrected chi connectivity index (χ4v) is 9.47. The van der Waals surface area contributed by atoms with Crippen molar-refractivity contribution in [3.63, 3.8) is 0 Å². The van der Waals surface area contributed by atoms with Gasteiger partial charge in [-0.1, -0.05) is 53.7 Å². The number of unbranched alkanes of at least 4 members (excludes halogenated alkanes) is 4. The van der Waals surface area contributed by atoms with Crippen LogP contribution in [0.15, 0.2) is 24.3 Å². The van der Waals surface area contributed by atoms with Gasteiger partial charge in [-0.15, -0.1) is 0 Å². The van der Waals surface area contributed by atoms with Crippen molar-refractivity contribution in [1.82, 2.24) is 58.5 Å². The summed E-state index contributed by atoms with van der Waals surface area (Å²) in [7, 11) is 0. The van der Waals surface area contributed by atoms with Crippen molar-refractivity contribution in [2.45, 2.75) is 225 Å². The van der Waals surface area contributed by atoms with Gasteiger partial charge in [0.2, 0.25) is 70.9 Å². The van der Waals surface area contributed by atoms with Crippen LogP contribution in [0.25, 0.3) is 0 Å². The van der Waals surface area contributed by atoms with Gasteiger partial charge in [0, 0.05) is 13.3 Å². The van der Waals surface area contributed by atoms with Gasteiger partial charge in [-0.3, -0.25) is 57.5 Å². The standard InChI is InChI=1S/C61H108N16O13/c1-35(2)30-47(59(88)72-43(52(66)81)18-10-14-26-62)71-51(80)34-67-55(84)44(19-11-15-27-63)73-60(89)48(31-36(3)4)75-53(82)38(7)68-56(85)46(21-13-17-29-65)74-61(90)49(32-37(5)6)76-54(83)39(8)69-58(87)50(33-41-22-24-42(79)25-23-41)77-57(86)45(70-40(9)78)20-12-16-28-64/h22-25,35-39,43-50,79H,10-21,26-34,62-65H2,1-9H3,(H2,66,81)(H,67,84)(H,68,85)(H,69,87)(H,70,78)(H,71,80)(H,72,88)(H,73,89)(H,74,90)(H,75,82)(H,76,83)(H,77,86)/t38-,39-,43-,44-,45-,46-,47-,48-,49-,50-/m0/s1. The quantitative estimate of drug-likeness (QED) is 0.0317. The average molecular weight is 1270 g/mol. The predicted molar refractivity (Wildman–Crippen MR) is 340 cm³/mol. The SMILES string of the molecule is CC(=O)N[C@@H](CCCCN)C(=O)N[C@@H](Cc1ccc(O)cc1)C(=O)N[C@@H](C)C(=O)N[C@@H](CC(C)C)C(=O)N[C@@H](CCCCN)C(=O)N[C@@H](C)C(=O)N[C@@H](CC(C)C)C(=O)N[C@@H](CCCCN)C(=O)NCC(=O)N[C@@H](CC(C)C)C(=O)N[C@@H](CCCCN)C(N)=O. The lowest BCUT2D eigenvalue weighted by Gasteiger charge is -2.28. The molecule has 1 rings (SSSR count). The second-order valence-corrected chi connectivity index (χ2v) is 24.2. The van der Waals surface area contributed by atoms with Crippen molar-refractivity contribution in [1.29, 1.82) is 0 Å². The third kappa shape index (κ3) is 33.4. The lowest BCUT2D eigenvalue weighted by molar-refractivity contribution is -0.136. The maximum atomic E-state index is 14.2. The number of amides is 12. The van der Waals surface area contributed by atoms with E-state index in [2.05, 4.69) is 58.5 Å². The third-order valence-electron chi connectivity index (χ3n) is 14.4. The molecular formula is C61H108N16O13. The van der Waals surface area contributed by atoms with Crippen LogP contribution < -0.4 is 87.2 Å². The van der Waals surface area contributed by atoms with E-state index in [1.54, 1.807) is 12.1 Å². The lowest BCUT2D eigenvalue weighted by atomic mass is 10.0. The zero-order valence-corrected chi connectivity index (χ0v) is 54.4. The summed E-state index contributed by atoms with van der Waals surface area (Å²) in [5.41, 5.74) is 28.8. The molecule has 0 saturated carbocycles. The minimum absolute atomic E-state index is 0.0307. The zero-order chi connectivity index (χ0) is 68.0. The van der Waals surface area contributed by atoms with Crippen LogP contribution in [-0.4, -0.2) is 169 Å². The first-order valence-electron chi connectivity index (χ1n) is 31.6. The minimum atomic E-state index is -1.29. The van der Waals surface area contributed by atoms with E-state index in [0.717, 1.165) is 0 Å². The number of carbonyl (C=O) groups excluding carboxylic acids is 12. The Kier molecular flexibility index (Phi) is 39.4. The van der Waals surface area contributed by atoms with Crippen molar-refractivity contribution < 1.29 is 62.6 Å². The number of aromatic hydroxyl groups is 1. The molecule has 0 fully saturated rings. The topological polar surface area (TPSA) is 487 Å². The maximum absolute atomic E-state index is 14.2. The highest BCUT2D eigenvalue weighted by Crippen LogP contribution is 2.15. The van der Waals surface area contributed by atoms with E-state index in [0.29, 0.717) is 70.0 Å². The van der Waals surface area contributed by atoms with Gasteiger partial charge in [0.25, 0.3) is 0 Å². The van der Waals surface area contributed by atoms with E-state index in [9.17, 15) is 62.6 Å². The van der Waals surface area contributed by atoms with Crippen LogP contribution in [-0.2, 0) is 64.0 Å². The molecule has 22 N–H and O–H groups in total. The van der Waals surface area contributed by atoms with E-state index >= 15 is 0 Å². The summed E-state index contributed by atoms with van der Waals surface area (Å²) < 4.78 is 0. The highest BCUT2D eigenvalue weighted by atomic mass is 16.3. The number of phenolic OH excluding ortho intramolecular Hbond substituents is 1. The monoisotopic (exact) mass is 1270 g/mol. The second-order valence-electron chi connectivity index (χ2n) is 24.2.